The van der Waals surface area contributed by atoms with Gasteiger partial charge in [0.05, 0.1) is 33.7 Å². The van der Waals surface area contributed by atoms with Crippen LogP contribution in [0.2, 0.25) is 0 Å². The molecule has 0 bridgehead atoms. The molecule has 212 valence electrons. The predicted molar refractivity (Wildman–Crippen MR) is 140 cm³/mol. The summed E-state index contributed by atoms with van der Waals surface area (Å²) in [7, 11) is 0. The molecule has 3 aliphatic heterocycles. The Balaban J connectivity index is 1.34. The second-order valence-electron chi connectivity index (χ2n) is 10.0. The lowest BCUT2D eigenvalue weighted by Gasteiger charge is -2.23. The minimum Gasteiger partial charge on any atom is -0.387 e. The molecule has 2 saturated heterocycles. The van der Waals surface area contributed by atoms with E-state index in [1.807, 2.05) is 0 Å². The molecule has 0 aromatic heterocycles. The zero-order chi connectivity index (χ0) is 29.5. The number of benzene rings is 2. The quantitative estimate of drug-likeness (QED) is 0.320. The van der Waals surface area contributed by atoms with Gasteiger partial charge >= 0.3 is 0 Å². The Kier molecular flexibility index (Phi) is 6.82. The first kappa shape index (κ1) is 27.2. The van der Waals surface area contributed by atoms with Crippen LogP contribution in [0.25, 0.3) is 0 Å². The van der Waals surface area contributed by atoms with Gasteiger partial charge in [-0.15, -0.1) is 0 Å². The third kappa shape index (κ3) is 5.39. The summed E-state index contributed by atoms with van der Waals surface area (Å²) in [5, 5.41) is 32.1. The van der Waals surface area contributed by atoms with E-state index in [2.05, 4.69) is 15.8 Å². The highest BCUT2D eigenvalue weighted by molar-refractivity contribution is 6.05. The van der Waals surface area contributed by atoms with E-state index in [0.29, 0.717) is 23.4 Å². The molecule has 0 radical (unpaired) electrons. The molecule has 2 aromatic rings. The molecule has 0 aliphatic carbocycles. The van der Waals surface area contributed by atoms with Crippen molar-refractivity contribution in [2.75, 3.05) is 11.9 Å². The number of non-ortho nitro benzene ring substituents is 2. The topological polar surface area (TPSA) is 229 Å². The number of oxime groups is 1. The van der Waals surface area contributed by atoms with Gasteiger partial charge in [0.1, 0.15) is 12.1 Å². The van der Waals surface area contributed by atoms with E-state index in [0.717, 1.165) is 23.1 Å². The molecule has 16 heteroatoms. The van der Waals surface area contributed by atoms with Crippen LogP contribution in [0.3, 0.4) is 0 Å². The molecule has 0 saturated carbocycles. The summed E-state index contributed by atoms with van der Waals surface area (Å²) in [6.07, 6.45) is 0.799. The summed E-state index contributed by atoms with van der Waals surface area (Å²) in [5.41, 5.74) is 4.30. The highest BCUT2D eigenvalue weighted by atomic mass is 16.7. The lowest BCUT2D eigenvalue weighted by atomic mass is 9.91. The number of nitro groups is 2. The van der Waals surface area contributed by atoms with E-state index in [4.69, 9.17) is 10.6 Å². The number of nitrogens with two attached hydrogens (primary N) is 1. The van der Waals surface area contributed by atoms with Gasteiger partial charge in [-0.1, -0.05) is 17.3 Å². The Bertz CT molecular complexity index is 1510. The number of amides is 4. The maximum atomic E-state index is 13.4. The van der Waals surface area contributed by atoms with Gasteiger partial charge in [0.15, 0.2) is 5.60 Å². The van der Waals surface area contributed by atoms with Crippen LogP contribution in [-0.4, -0.2) is 68.3 Å². The van der Waals surface area contributed by atoms with Crippen molar-refractivity contribution in [2.24, 2.45) is 10.9 Å². The van der Waals surface area contributed by atoms with Crippen LogP contribution in [-0.2, 0) is 19.2 Å². The average molecular weight is 565 g/mol. The van der Waals surface area contributed by atoms with Crippen LogP contribution in [0.4, 0.5) is 17.1 Å². The van der Waals surface area contributed by atoms with Crippen molar-refractivity contribution in [1.82, 2.24) is 10.2 Å². The van der Waals surface area contributed by atoms with Crippen LogP contribution in [0.5, 0.6) is 0 Å². The minimum atomic E-state index is -1.16. The van der Waals surface area contributed by atoms with E-state index in [1.54, 1.807) is 24.3 Å². The van der Waals surface area contributed by atoms with Crippen molar-refractivity contribution >= 4 is 46.4 Å². The standard InChI is InChI=1S/C25H23N7O9/c26-22(34)20-11-25(12-30(20)24(36)14-7-16(31(37)38)9-17(8-14)32(39)40)10-19(29-41-25)13-2-1-3-15(6-13)27-23(35)18-4-5-21(33)28-18/h1-3,6-9,18,20H,4-5,10-12H2,(H2,26,34)(H,27,35)(H,28,33). The molecule has 3 heterocycles. The van der Waals surface area contributed by atoms with Gasteiger partial charge in [-0.05, 0) is 18.6 Å². The third-order valence-corrected chi connectivity index (χ3v) is 7.17. The molecule has 16 nitrogen and oxygen atoms in total. The number of nitro benzene ring substituents is 2. The summed E-state index contributed by atoms with van der Waals surface area (Å²) in [6.45, 7) is -0.166. The molecule has 2 fully saturated rings. The largest absolute Gasteiger partial charge is 0.387 e. The van der Waals surface area contributed by atoms with Gasteiger partial charge in [0, 0.05) is 42.6 Å². The molecule has 2 aromatic carbocycles. The maximum Gasteiger partial charge on any atom is 0.277 e. The monoisotopic (exact) mass is 565 g/mol. The number of rotatable bonds is 7. The number of nitrogens with zero attached hydrogens (tertiary/aromatic N) is 4. The van der Waals surface area contributed by atoms with Gasteiger partial charge in [-0.25, -0.2) is 0 Å². The molecule has 3 atom stereocenters. The van der Waals surface area contributed by atoms with Gasteiger partial charge in [-0.3, -0.25) is 39.4 Å². The summed E-state index contributed by atoms with van der Waals surface area (Å²) < 4.78 is 0. The van der Waals surface area contributed by atoms with Crippen LogP contribution < -0.4 is 16.4 Å². The fraction of sp³-hybridized carbons (Fsp3) is 0.320. The Morgan fingerprint density at radius 1 is 1.12 bits per heavy atom. The third-order valence-electron chi connectivity index (χ3n) is 7.17. The van der Waals surface area contributed by atoms with Crippen molar-refractivity contribution in [3.63, 3.8) is 0 Å². The van der Waals surface area contributed by atoms with Crippen molar-refractivity contribution in [1.29, 1.82) is 0 Å². The Morgan fingerprint density at radius 2 is 1.83 bits per heavy atom. The first-order valence-corrected chi connectivity index (χ1v) is 12.4. The Hall–Kier alpha value is -5.41. The molecule has 3 aliphatic rings. The van der Waals surface area contributed by atoms with E-state index in [9.17, 15) is 39.4 Å². The summed E-state index contributed by atoms with van der Waals surface area (Å²) in [4.78, 5) is 77.3. The number of hydrogen-bond donors (Lipinski definition) is 3. The van der Waals surface area contributed by atoms with Gasteiger partial charge in [0.2, 0.25) is 17.7 Å². The highest BCUT2D eigenvalue weighted by Gasteiger charge is 2.53. The van der Waals surface area contributed by atoms with Crippen LogP contribution in [0.1, 0.15) is 41.6 Å². The SMILES string of the molecule is NC(=O)C1CC2(CC(c3cccc(NC(=O)C4CCC(=O)N4)c3)=NO2)CN1C(=O)c1cc([N+](=O)[O-])cc([N+](=O)[O-])c1. The Labute approximate surface area is 230 Å². The lowest BCUT2D eigenvalue weighted by molar-refractivity contribution is -0.394. The molecule has 5 rings (SSSR count). The number of carbonyl (C=O) groups excluding carboxylic acids is 4. The van der Waals surface area contributed by atoms with Gasteiger partial charge in [0.25, 0.3) is 17.3 Å². The molecular weight excluding hydrogens is 542 g/mol. The van der Waals surface area contributed by atoms with E-state index >= 15 is 0 Å². The smallest absolute Gasteiger partial charge is 0.277 e. The highest BCUT2D eigenvalue weighted by Crippen LogP contribution is 2.40. The second-order valence-corrected chi connectivity index (χ2v) is 10.0. The van der Waals surface area contributed by atoms with Gasteiger partial charge in [-0.2, -0.15) is 0 Å². The molecule has 4 amide bonds. The van der Waals surface area contributed by atoms with Crippen molar-refractivity contribution in [3.8, 4) is 0 Å². The molecule has 4 N–H and O–H groups in total. The van der Waals surface area contributed by atoms with E-state index in [1.165, 1.54) is 0 Å². The summed E-state index contributed by atoms with van der Waals surface area (Å²) in [6, 6.07) is 7.50. The number of nitrogens with one attached hydrogen (secondary N) is 2. The fourth-order valence-corrected chi connectivity index (χ4v) is 5.20. The summed E-state index contributed by atoms with van der Waals surface area (Å²) >= 11 is 0. The lowest BCUT2D eigenvalue weighted by Crippen LogP contribution is -2.44. The number of likely N-dealkylation sites (tertiary alicyclic amines) is 1. The molecule has 41 heavy (non-hydrogen) atoms. The maximum absolute atomic E-state index is 13.4. The summed E-state index contributed by atoms with van der Waals surface area (Å²) in [5.74, 6) is -2.26. The van der Waals surface area contributed by atoms with Crippen molar-refractivity contribution < 1.29 is 33.9 Å². The van der Waals surface area contributed by atoms with E-state index < -0.39 is 50.7 Å². The normalized spacial score (nSPS) is 23.1. The first-order chi connectivity index (χ1) is 19.4. The minimum absolute atomic E-state index is 0.0318. The zero-order valence-electron chi connectivity index (χ0n) is 21.3. The molecular formula is C25H23N7O9. The Morgan fingerprint density at radius 3 is 2.44 bits per heavy atom. The van der Waals surface area contributed by atoms with Crippen LogP contribution in [0.15, 0.2) is 47.6 Å². The van der Waals surface area contributed by atoms with Gasteiger partial charge < -0.3 is 26.1 Å². The predicted octanol–water partition coefficient (Wildman–Crippen LogP) is 0.983. The van der Waals surface area contributed by atoms with Crippen LogP contribution in [0, 0.1) is 20.2 Å². The number of primary amides is 1. The second kappa shape index (κ2) is 10.3. The van der Waals surface area contributed by atoms with Crippen molar-refractivity contribution in [2.45, 2.75) is 43.4 Å². The first-order valence-electron chi connectivity index (χ1n) is 12.4. The van der Waals surface area contributed by atoms with Crippen LogP contribution >= 0.6 is 0 Å². The van der Waals surface area contributed by atoms with Crippen molar-refractivity contribution in [3.05, 3.63) is 73.8 Å². The number of anilines is 1. The average Bonchev–Trinajstić information content (AvgIpc) is 3.67. The molecule has 3 unspecified atom stereocenters. The molecule has 1 spiro atoms. The number of hydrogen-bond acceptors (Lipinski definition) is 10. The zero-order valence-corrected chi connectivity index (χ0v) is 21.3. The number of carbonyl (C=O) groups is 4. The fourth-order valence-electron chi connectivity index (χ4n) is 5.20. The van der Waals surface area contributed by atoms with E-state index in [-0.39, 0.29) is 43.2 Å².